The molecule has 0 saturated carbocycles. The summed E-state index contributed by atoms with van der Waals surface area (Å²) in [6.07, 6.45) is 0. The molecule has 0 heterocycles. The van der Waals surface area contributed by atoms with Crippen LogP contribution in [0.4, 0.5) is 0 Å². The van der Waals surface area contributed by atoms with Gasteiger partial charge in [0.05, 0.1) is 4.90 Å². The first kappa shape index (κ1) is 17.6. The predicted molar refractivity (Wildman–Crippen MR) is 86.5 cm³/mol. The lowest BCUT2D eigenvalue weighted by atomic mass is 10.2. The van der Waals surface area contributed by atoms with E-state index in [1.807, 2.05) is 13.8 Å². The third-order valence-corrected chi connectivity index (χ3v) is 5.70. The molecule has 20 heavy (non-hydrogen) atoms. The Balaban J connectivity index is 2.81. The zero-order valence-corrected chi connectivity index (χ0v) is 14.9. The fraction of sp³-hybridized carbons (Fsp3) is 0.571. The summed E-state index contributed by atoms with van der Waals surface area (Å²) in [7, 11) is -3.46. The molecule has 0 saturated heterocycles. The molecule has 1 unspecified atom stereocenters. The number of hydrogen-bond donors (Lipinski definition) is 1. The summed E-state index contributed by atoms with van der Waals surface area (Å²) in [5.41, 5.74) is 0.907. The van der Waals surface area contributed by atoms with Gasteiger partial charge in [-0.05, 0) is 50.7 Å². The highest BCUT2D eigenvalue weighted by atomic mass is 79.9. The molecule has 0 amide bonds. The lowest BCUT2D eigenvalue weighted by Crippen LogP contribution is -2.41. The molecule has 0 bridgehead atoms. The van der Waals surface area contributed by atoms with Crippen molar-refractivity contribution in [3.63, 3.8) is 0 Å². The van der Waals surface area contributed by atoms with Gasteiger partial charge in [-0.15, -0.1) is 0 Å². The van der Waals surface area contributed by atoms with Crippen LogP contribution in [0.1, 0.15) is 26.3 Å². The summed E-state index contributed by atoms with van der Waals surface area (Å²) in [6.45, 7) is 10.5. The quantitative estimate of drug-likeness (QED) is 0.811. The Bertz CT molecular complexity index is 542. The first-order valence-electron chi connectivity index (χ1n) is 6.81. The summed E-state index contributed by atoms with van der Waals surface area (Å²) in [6, 6.07) is 4.93. The highest BCUT2D eigenvalue weighted by molar-refractivity contribution is 9.10. The maximum atomic E-state index is 12.3. The number of benzene rings is 1. The average molecular weight is 363 g/mol. The molecule has 114 valence electrons. The van der Waals surface area contributed by atoms with E-state index in [0.717, 1.165) is 23.1 Å². The van der Waals surface area contributed by atoms with Crippen molar-refractivity contribution >= 4 is 26.0 Å². The molecule has 1 rings (SSSR count). The van der Waals surface area contributed by atoms with E-state index >= 15 is 0 Å². The van der Waals surface area contributed by atoms with Gasteiger partial charge in [-0.25, -0.2) is 13.1 Å². The molecule has 1 N–H and O–H groups in total. The molecular formula is C14H23BrN2O2S. The van der Waals surface area contributed by atoms with Crippen LogP contribution in [-0.2, 0) is 10.0 Å². The number of nitrogens with zero attached hydrogens (tertiary/aromatic N) is 1. The van der Waals surface area contributed by atoms with Crippen LogP contribution in [-0.4, -0.2) is 39.0 Å². The smallest absolute Gasteiger partial charge is 0.240 e. The minimum Gasteiger partial charge on any atom is -0.302 e. The van der Waals surface area contributed by atoms with E-state index in [-0.39, 0.29) is 6.04 Å². The molecule has 6 heteroatoms. The lowest BCUT2D eigenvalue weighted by Gasteiger charge is -2.23. The van der Waals surface area contributed by atoms with Gasteiger partial charge < -0.3 is 4.90 Å². The summed E-state index contributed by atoms with van der Waals surface area (Å²) in [5.74, 6) is 0. The largest absolute Gasteiger partial charge is 0.302 e. The molecular weight excluding hydrogens is 340 g/mol. The first-order valence-corrected chi connectivity index (χ1v) is 9.08. The normalized spacial score (nSPS) is 13.7. The van der Waals surface area contributed by atoms with Crippen molar-refractivity contribution in [3.8, 4) is 0 Å². The van der Waals surface area contributed by atoms with Crippen LogP contribution in [0.2, 0.25) is 0 Å². The van der Waals surface area contributed by atoms with Gasteiger partial charge in [0, 0.05) is 17.1 Å². The number of aryl methyl sites for hydroxylation is 1. The molecule has 0 spiro atoms. The average Bonchev–Trinajstić information content (AvgIpc) is 2.38. The number of likely N-dealkylation sites (N-methyl/N-ethyl adjacent to an activating group) is 1. The van der Waals surface area contributed by atoms with Crippen molar-refractivity contribution in [2.24, 2.45) is 0 Å². The number of rotatable bonds is 7. The van der Waals surface area contributed by atoms with Crippen molar-refractivity contribution < 1.29 is 8.42 Å². The predicted octanol–water partition coefficient (Wildman–Crippen LogP) is 2.77. The van der Waals surface area contributed by atoms with Gasteiger partial charge >= 0.3 is 0 Å². The third kappa shape index (κ3) is 4.84. The topological polar surface area (TPSA) is 49.4 Å². The Morgan fingerprint density at radius 3 is 2.40 bits per heavy atom. The van der Waals surface area contributed by atoms with Crippen LogP contribution >= 0.6 is 15.9 Å². The molecule has 4 nitrogen and oxygen atoms in total. The summed E-state index contributed by atoms with van der Waals surface area (Å²) < 4.78 is 28.3. The van der Waals surface area contributed by atoms with Crippen molar-refractivity contribution in [1.82, 2.24) is 9.62 Å². The van der Waals surface area contributed by atoms with Crippen molar-refractivity contribution in [1.29, 1.82) is 0 Å². The zero-order chi connectivity index (χ0) is 15.3. The van der Waals surface area contributed by atoms with E-state index in [1.165, 1.54) is 0 Å². The lowest BCUT2D eigenvalue weighted by molar-refractivity contribution is 0.282. The highest BCUT2D eigenvalue weighted by Gasteiger charge is 2.19. The van der Waals surface area contributed by atoms with Gasteiger partial charge in [-0.1, -0.05) is 29.8 Å². The van der Waals surface area contributed by atoms with E-state index in [2.05, 4.69) is 39.4 Å². The summed E-state index contributed by atoms with van der Waals surface area (Å²) in [4.78, 5) is 2.50. The standard InChI is InChI=1S/C14H23BrN2O2S/c1-5-17(6-2)10-12(4)16-20(18,19)13-7-8-14(15)11(3)9-13/h7-9,12,16H,5-6,10H2,1-4H3. The monoisotopic (exact) mass is 362 g/mol. The number of hydrogen-bond acceptors (Lipinski definition) is 3. The van der Waals surface area contributed by atoms with Gasteiger partial charge in [-0.3, -0.25) is 0 Å². The van der Waals surface area contributed by atoms with Crippen LogP contribution in [0.3, 0.4) is 0 Å². The van der Waals surface area contributed by atoms with Crippen LogP contribution < -0.4 is 4.72 Å². The van der Waals surface area contributed by atoms with Crippen LogP contribution in [0.15, 0.2) is 27.6 Å². The minimum atomic E-state index is -3.46. The minimum absolute atomic E-state index is 0.121. The van der Waals surface area contributed by atoms with E-state index in [0.29, 0.717) is 11.4 Å². The number of sulfonamides is 1. The Hall–Kier alpha value is -0.430. The zero-order valence-electron chi connectivity index (χ0n) is 12.5. The maximum absolute atomic E-state index is 12.3. The van der Waals surface area contributed by atoms with Crippen molar-refractivity contribution in [2.75, 3.05) is 19.6 Å². The molecule has 1 aromatic carbocycles. The Morgan fingerprint density at radius 1 is 1.30 bits per heavy atom. The second-order valence-corrected chi connectivity index (χ2v) is 7.49. The first-order chi connectivity index (χ1) is 9.30. The molecule has 0 aliphatic carbocycles. The summed E-state index contributed by atoms with van der Waals surface area (Å²) >= 11 is 3.38. The molecule has 1 aromatic rings. The maximum Gasteiger partial charge on any atom is 0.240 e. The van der Waals surface area contributed by atoms with Gasteiger partial charge in [-0.2, -0.15) is 0 Å². The Labute approximate surface area is 130 Å². The SMILES string of the molecule is CCN(CC)CC(C)NS(=O)(=O)c1ccc(Br)c(C)c1. The molecule has 1 atom stereocenters. The molecule has 0 radical (unpaired) electrons. The molecule has 0 aromatic heterocycles. The fourth-order valence-electron chi connectivity index (χ4n) is 2.02. The molecule has 0 fully saturated rings. The Kier molecular flexibility index (Phi) is 6.64. The number of nitrogens with one attached hydrogen (secondary N) is 1. The summed E-state index contributed by atoms with van der Waals surface area (Å²) in [5, 5.41) is 0. The van der Waals surface area contributed by atoms with Gasteiger partial charge in [0.2, 0.25) is 10.0 Å². The van der Waals surface area contributed by atoms with E-state index in [9.17, 15) is 8.42 Å². The second kappa shape index (κ2) is 7.54. The van der Waals surface area contributed by atoms with E-state index in [4.69, 9.17) is 0 Å². The van der Waals surface area contributed by atoms with Crippen molar-refractivity contribution in [2.45, 2.75) is 38.6 Å². The highest BCUT2D eigenvalue weighted by Crippen LogP contribution is 2.20. The third-order valence-electron chi connectivity index (χ3n) is 3.22. The van der Waals surface area contributed by atoms with Gasteiger partial charge in [0.1, 0.15) is 0 Å². The van der Waals surface area contributed by atoms with Crippen LogP contribution in [0.25, 0.3) is 0 Å². The molecule has 0 aliphatic rings. The Morgan fingerprint density at radius 2 is 1.90 bits per heavy atom. The number of halogens is 1. The van der Waals surface area contributed by atoms with Crippen LogP contribution in [0.5, 0.6) is 0 Å². The van der Waals surface area contributed by atoms with Crippen molar-refractivity contribution in [3.05, 3.63) is 28.2 Å². The van der Waals surface area contributed by atoms with E-state index < -0.39 is 10.0 Å². The van der Waals surface area contributed by atoms with E-state index in [1.54, 1.807) is 18.2 Å². The fourth-order valence-corrected chi connectivity index (χ4v) is 3.59. The van der Waals surface area contributed by atoms with Gasteiger partial charge in [0.25, 0.3) is 0 Å². The van der Waals surface area contributed by atoms with Crippen LogP contribution in [0, 0.1) is 6.92 Å². The molecule has 0 aliphatic heterocycles. The second-order valence-electron chi connectivity index (χ2n) is 4.92. The van der Waals surface area contributed by atoms with Gasteiger partial charge in [0.15, 0.2) is 0 Å².